The lowest BCUT2D eigenvalue weighted by Crippen LogP contribution is -2.43. The zero-order valence-corrected chi connectivity index (χ0v) is 15.3. The van der Waals surface area contributed by atoms with Crippen molar-refractivity contribution < 1.29 is 27.5 Å². The van der Waals surface area contributed by atoms with Crippen molar-refractivity contribution in [2.24, 2.45) is 0 Å². The number of aromatic hydroxyl groups is 1. The zero-order chi connectivity index (χ0) is 21.6. The number of fused-ring (bicyclic) bond motifs is 1. The first-order chi connectivity index (χ1) is 14.2. The van der Waals surface area contributed by atoms with Crippen LogP contribution in [0.5, 0.6) is 5.75 Å². The molecule has 1 atom stereocenters. The maximum absolute atomic E-state index is 13.1. The van der Waals surface area contributed by atoms with Crippen molar-refractivity contribution in [3.63, 3.8) is 0 Å². The average molecular weight is 423 g/mol. The van der Waals surface area contributed by atoms with Gasteiger partial charge in [0.05, 0.1) is 30.2 Å². The number of hydrogen-bond donors (Lipinski definition) is 1. The summed E-state index contributed by atoms with van der Waals surface area (Å²) in [6, 6.07) is 0.558. The number of pyridine rings is 1. The van der Waals surface area contributed by atoms with E-state index in [1.165, 1.54) is 9.58 Å². The second-order valence-corrected chi connectivity index (χ2v) is 6.64. The molecular weight excluding hydrogens is 410 g/mol. The predicted octanol–water partition coefficient (Wildman–Crippen LogP) is 1.90. The van der Waals surface area contributed by atoms with Gasteiger partial charge in [0.15, 0.2) is 17.3 Å². The summed E-state index contributed by atoms with van der Waals surface area (Å²) in [5, 5.41) is 17.9. The molecule has 3 aromatic rings. The van der Waals surface area contributed by atoms with Crippen LogP contribution in [0.3, 0.4) is 0 Å². The van der Waals surface area contributed by atoms with Gasteiger partial charge in [0.25, 0.3) is 11.9 Å². The smallest absolute Gasteiger partial charge is 0.437 e. The molecule has 0 spiro atoms. The fourth-order valence-corrected chi connectivity index (χ4v) is 3.20. The summed E-state index contributed by atoms with van der Waals surface area (Å²) in [4.78, 5) is 25.0. The third-order valence-corrected chi connectivity index (χ3v) is 4.66. The summed E-state index contributed by atoms with van der Waals surface area (Å²) in [5.74, 6) is -2.55. The van der Waals surface area contributed by atoms with Crippen molar-refractivity contribution in [1.82, 2.24) is 34.8 Å². The maximum atomic E-state index is 13.1. The monoisotopic (exact) mass is 423 g/mol. The molecule has 0 fully saturated rings. The molecule has 3 aromatic heterocycles. The molecule has 0 radical (unpaired) electrons. The van der Waals surface area contributed by atoms with E-state index in [1.807, 2.05) is 0 Å². The summed E-state index contributed by atoms with van der Waals surface area (Å²) in [5.41, 5.74) is -1.06. The van der Waals surface area contributed by atoms with Crippen molar-refractivity contribution in [2.75, 3.05) is 0 Å². The molecule has 0 aliphatic carbocycles. The molecule has 0 saturated carbocycles. The van der Waals surface area contributed by atoms with Gasteiger partial charge in [-0.05, 0) is 13.0 Å². The highest BCUT2D eigenvalue weighted by Gasteiger charge is 2.39. The summed E-state index contributed by atoms with van der Waals surface area (Å²) < 4.78 is 53.4. The largest absolute Gasteiger partial charge is 0.505 e. The van der Waals surface area contributed by atoms with Crippen LogP contribution < -0.4 is 0 Å². The summed E-state index contributed by atoms with van der Waals surface area (Å²) in [6.07, 6.45) is -1.89. The molecule has 1 N–H and O–H groups in total. The van der Waals surface area contributed by atoms with Gasteiger partial charge in [-0.2, -0.15) is 17.9 Å². The number of hydrogen-bond acceptors (Lipinski definition) is 7. The molecule has 0 bridgehead atoms. The fraction of sp³-hybridized carbons (Fsp3) is 0.294. The van der Waals surface area contributed by atoms with Crippen LogP contribution in [0.1, 0.15) is 34.4 Å². The molecule has 4 heterocycles. The van der Waals surface area contributed by atoms with Crippen molar-refractivity contribution in [3.8, 4) is 11.7 Å². The Morgan fingerprint density at radius 1 is 1.23 bits per heavy atom. The van der Waals surface area contributed by atoms with Crippen LogP contribution in [-0.2, 0) is 19.1 Å². The van der Waals surface area contributed by atoms with Gasteiger partial charge in [0.1, 0.15) is 5.69 Å². The molecule has 9 nitrogen and oxygen atoms in total. The number of aromatic nitrogens is 6. The standard InChI is InChI=1S/C17H13F4N7O2/c1-8-4-12-11(25-26-28(12)16-23-5-9(18)6-24-16)7-27(8)15(30)10-2-3-22-14(13(10)29)17(19,20)21/h2-3,5-6,8,29H,4,7H2,1H3/t8-/m0/s1. The number of alkyl halides is 3. The highest BCUT2D eigenvalue weighted by Crippen LogP contribution is 2.36. The van der Waals surface area contributed by atoms with Gasteiger partial charge in [-0.1, -0.05) is 5.21 Å². The van der Waals surface area contributed by atoms with Gasteiger partial charge in [-0.25, -0.2) is 19.3 Å². The van der Waals surface area contributed by atoms with Gasteiger partial charge >= 0.3 is 6.18 Å². The number of halogens is 4. The molecule has 1 aliphatic rings. The lowest BCUT2D eigenvalue weighted by Gasteiger charge is -2.33. The van der Waals surface area contributed by atoms with E-state index < -0.39 is 40.9 Å². The minimum atomic E-state index is -4.90. The van der Waals surface area contributed by atoms with Crippen LogP contribution in [0.4, 0.5) is 17.6 Å². The van der Waals surface area contributed by atoms with Gasteiger partial charge in [-0.3, -0.25) is 4.79 Å². The van der Waals surface area contributed by atoms with Crippen LogP contribution in [0, 0.1) is 5.82 Å². The molecule has 0 unspecified atom stereocenters. The molecule has 1 aliphatic heterocycles. The Hall–Kier alpha value is -3.64. The minimum absolute atomic E-state index is 0.0559. The average Bonchev–Trinajstić information content (AvgIpc) is 3.09. The number of carbonyl (C=O) groups excluding carboxylic acids is 1. The normalized spacial score (nSPS) is 16.4. The first kappa shape index (κ1) is 19.7. The number of nitrogens with zero attached hydrogens (tertiary/aromatic N) is 7. The number of carbonyl (C=O) groups is 1. The van der Waals surface area contributed by atoms with Crippen LogP contribution in [0.25, 0.3) is 5.95 Å². The highest BCUT2D eigenvalue weighted by molar-refractivity contribution is 5.97. The summed E-state index contributed by atoms with van der Waals surface area (Å²) >= 11 is 0. The van der Waals surface area contributed by atoms with Crippen LogP contribution in [0.2, 0.25) is 0 Å². The second-order valence-electron chi connectivity index (χ2n) is 6.64. The van der Waals surface area contributed by atoms with Crippen LogP contribution in [0.15, 0.2) is 24.7 Å². The Morgan fingerprint density at radius 2 is 1.93 bits per heavy atom. The Bertz CT molecular complexity index is 1110. The first-order valence-electron chi connectivity index (χ1n) is 8.64. The molecule has 156 valence electrons. The first-order valence-corrected chi connectivity index (χ1v) is 8.64. The molecular formula is C17H13F4N7O2. The molecule has 4 rings (SSSR count). The van der Waals surface area contributed by atoms with E-state index in [-0.39, 0.29) is 18.9 Å². The van der Waals surface area contributed by atoms with Gasteiger partial charge < -0.3 is 10.0 Å². The maximum Gasteiger partial charge on any atom is 0.437 e. The van der Waals surface area contributed by atoms with Crippen molar-refractivity contribution in [2.45, 2.75) is 32.1 Å². The van der Waals surface area contributed by atoms with Crippen molar-refractivity contribution in [3.05, 3.63) is 53.1 Å². The van der Waals surface area contributed by atoms with E-state index in [1.54, 1.807) is 6.92 Å². The van der Waals surface area contributed by atoms with E-state index >= 15 is 0 Å². The van der Waals surface area contributed by atoms with Gasteiger partial charge in [0, 0.05) is 18.7 Å². The second kappa shape index (κ2) is 7.00. The van der Waals surface area contributed by atoms with Gasteiger partial charge in [-0.15, -0.1) is 5.10 Å². The van der Waals surface area contributed by atoms with E-state index in [9.17, 15) is 27.5 Å². The van der Waals surface area contributed by atoms with Crippen molar-refractivity contribution >= 4 is 5.91 Å². The molecule has 1 amide bonds. The summed E-state index contributed by atoms with van der Waals surface area (Å²) in [6.45, 7) is 1.63. The van der Waals surface area contributed by atoms with E-state index in [2.05, 4.69) is 25.3 Å². The van der Waals surface area contributed by atoms with Gasteiger partial charge in [0.2, 0.25) is 0 Å². The molecule has 0 saturated heterocycles. The Balaban J connectivity index is 1.65. The Morgan fingerprint density at radius 3 is 2.60 bits per heavy atom. The minimum Gasteiger partial charge on any atom is -0.505 e. The van der Waals surface area contributed by atoms with E-state index in [4.69, 9.17) is 0 Å². The molecule has 30 heavy (non-hydrogen) atoms. The van der Waals surface area contributed by atoms with Crippen molar-refractivity contribution in [1.29, 1.82) is 0 Å². The topological polar surface area (TPSA) is 110 Å². The Kier molecular flexibility index (Phi) is 4.59. The summed E-state index contributed by atoms with van der Waals surface area (Å²) in [7, 11) is 0. The number of rotatable bonds is 2. The van der Waals surface area contributed by atoms with Crippen LogP contribution in [-0.4, -0.2) is 51.9 Å². The van der Waals surface area contributed by atoms with E-state index in [0.717, 1.165) is 24.7 Å². The highest BCUT2D eigenvalue weighted by atomic mass is 19.4. The van der Waals surface area contributed by atoms with E-state index in [0.29, 0.717) is 11.4 Å². The quantitative estimate of drug-likeness (QED) is 0.627. The predicted molar refractivity (Wildman–Crippen MR) is 90.9 cm³/mol. The molecule has 0 aromatic carbocycles. The zero-order valence-electron chi connectivity index (χ0n) is 15.3. The SMILES string of the molecule is C[C@H]1Cc2c(nnn2-c2ncc(F)cn2)CN1C(=O)c1ccnc(C(F)(F)F)c1O. The fourth-order valence-electron chi connectivity index (χ4n) is 3.20. The number of amides is 1. The third kappa shape index (κ3) is 3.31. The molecule has 13 heteroatoms. The Labute approximate surface area is 166 Å². The lowest BCUT2D eigenvalue weighted by molar-refractivity contribution is -0.142. The lowest BCUT2D eigenvalue weighted by atomic mass is 10.0. The van der Waals surface area contributed by atoms with Crippen LogP contribution >= 0.6 is 0 Å². The third-order valence-electron chi connectivity index (χ3n) is 4.66.